The van der Waals surface area contributed by atoms with Gasteiger partial charge in [-0.05, 0) is 48.7 Å². The standard InChI is InChI=1S/C19H26N2O.C10H13O2P.C2H6/c1-4-15(13-20-2)16-8-7-9-17(12-16)18(21-3)19(14-22)10-5-6-11-19;1-10(2,13)8-5-3-4-7(6-11)9(8)12;1-2/h4,7-9,12-14,18,20-21H,1,5-6,10-11H2,2-3H3;3-6,12H,13H2,1-2H3;1-2H3/b15-13+;;. The van der Waals surface area contributed by atoms with Crippen molar-refractivity contribution >= 4 is 27.4 Å². The van der Waals surface area contributed by atoms with Gasteiger partial charge in [-0.25, -0.2) is 0 Å². The summed E-state index contributed by atoms with van der Waals surface area (Å²) in [5.74, 6) is 0.0810. The fourth-order valence-electron chi connectivity index (χ4n) is 4.78. The number of phenolic OH excluding ortho intramolecular Hbond substituents is 1. The number of nitrogens with one attached hydrogen (secondary N) is 2. The molecule has 1 fully saturated rings. The summed E-state index contributed by atoms with van der Waals surface area (Å²) in [6.07, 6.45) is 9.81. The molecule has 0 aromatic heterocycles. The molecule has 2 unspecified atom stereocenters. The molecule has 0 spiro atoms. The summed E-state index contributed by atoms with van der Waals surface area (Å²) >= 11 is 0. The Morgan fingerprint density at radius 1 is 1.11 bits per heavy atom. The summed E-state index contributed by atoms with van der Waals surface area (Å²) in [5, 5.41) is 15.9. The van der Waals surface area contributed by atoms with E-state index < -0.39 is 0 Å². The largest absolute Gasteiger partial charge is 0.507 e. The maximum Gasteiger partial charge on any atom is 0.153 e. The van der Waals surface area contributed by atoms with Gasteiger partial charge in [0.15, 0.2) is 6.29 Å². The topological polar surface area (TPSA) is 78.4 Å². The number of carbonyl (C=O) groups excluding carboxylic acids is 2. The highest BCUT2D eigenvalue weighted by atomic mass is 31.0. The molecule has 1 aliphatic rings. The second kappa shape index (κ2) is 15.5. The number of benzene rings is 2. The lowest BCUT2D eigenvalue weighted by molar-refractivity contribution is -0.117. The van der Waals surface area contributed by atoms with Crippen LogP contribution >= 0.6 is 9.24 Å². The monoisotopic (exact) mass is 524 g/mol. The third-order valence-electron chi connectivity index (χ3n) is 6.59. The zero-order valence-corrected chi connectivity index (χ0v) is 24.5. The fraction of sp³-hybridized carbons (Fsp3) is 0.419. The highest BCUT2D eigenvalue weighted by Crippen LogP contribution is 2.46. The SMILES string of the molecule is C=C/C(=C\NC)c1cccc(C(NC)C2(C=O)CCCC2)c1.CC.CC(C)(P)c1cccc(C=O)c1O. The van der Waals surface area contributed by atoms with Crippen molar-refractivity contribution in [2.45, 2.75) is 64.6 Å². The van der Waals surface area contributed by atoms with Gasteiger partial charge in [0, 0.05) is 35.4 Å². The summed E-state index contributed by atoms with van der Waals surface area (Å²) in [5.41, 5.74) is 4.16. The Kier molecular flexibility index (Phi) is 13.5. The predicted molar refractivity (Wildman–Crippen MR) is 160 cm³/mol. The normalized spacial score (nSPS) is 15.3. The van der Waals surface area contributed by atoms with Crippen molar-refractivity contribution in [3.8, 4) is 5.75 Å². The second-order valence-electron chi connectivity index (χ2n) is 9.58. The van der Waals surface area contributed by atoms with Gasteiger partial charge in [-0.2, -0.15) is 0 Å². The molecule has 0 radical (unpaired) electrons. The van der Waals surface area contributed by atoms with E-state index in [0.29, 0.717) is 11.8 Å². The van der Waals surface area contributed by atoms with Crippen molar-refractivity contribution in [2.24, 2.45) is 5.41 Å². The Morgan fingerprint density at radius 3 is 2.22 bits per heavy atom. The number of hydrogen-bond donors (Lipinski definition) is 3. The molecular formula is C31H45N2O3P. The number of carbonyl (C=O) groups is 2. The lowest BCUT2D eigenvalue weighted by Gasteiger charge is -2.33. The number of aldehydes is 2. The molecular weight excluding hydrogens is 479 g/mol. The third-order valence-corrected chi connectivity index (χ3v) is 6.91. The molecule has 0 bridgehead atoms. The summed E-state index contributed by atoms with van der Waals surface area (Å²) < 4.78 is 0. The van der Waals surface area contributed by atoms with Crippen LogP contribution in [0.4, 0.5) is 0 Å². The molecule has 0 aliphatic heterocycles. The van der Waals surface area contributed by atoms with Crippen LogP contribution in [0.1, 0.15) is 86.5 Å². The van der Waals surface area contributed by atoms with Crippen molar-refractivity contribution in [1.29, 1.82) is 0 Å². The second-order valence-corrected chi connectivity index (χ2v) is 11.0. The number of para-hydroxylation sites is 1. The minimum absolute atomic E-state index is 0.0631. The molecule has 1 saturated carbocycles. The first-order valence-electron chi connectivity index (χ1n) is 13.0. The number of aromatic hydroxyl groups is 1. The molecule has 2 aromatic rings. The zero-order valence-electron chi connectivity index (χ0n) is 23.3. The highest BCUT2D eigenvalue weighted by Gasteiger charge is 2.41. The van der Waals surface area contributed by atoms with E-state index in [-0.39, 0.29) is 22.4 Å². The molecule has 6 heteroatoms. The van der Waals surface area contributed by atoms with Gasteiger partial charge < -0.3 is 20.5 Å². The Labute approximate surface area is 226 Å². The molecule has 202 valence electrons. The van der Waals surface area contributed by atoms with Gasteiger partial charge in [0.1, 0.15) is 12.0 Å². The van der Waals surface area contributed by atoms with E-state index in [0.717, 1.165) is 47.9 Å². The van der Waals surface area contributed by atoms with Crippen LogP contribution < -0.4 is 10.6 Å². The predicted octanol–water partition coefficient (Wildman–Crippen LogP) is 6.79. The van der Waals surface area contributed by atoms with Crippen LogP contribution in [-0.4, -0.2) is 31.8 Å². The molecule has 5 nitrogen and oxygen atoms in total. The van der Waals surface area contributed by atoms with Crippen LogP contribution in [0.3, 0.4) is 0 Å². The average Bonchev–Trinajstić information content (AvgIpc) is 3.39. The first-order valence-corrected chi connectivity index (χ1v) is 13.6. The zero-order chi connectivity index (χ0) is 28.1. The van der Waals surface area contributed by atoms with Gasteiger partial charge in [-0.15, -0.1) is 9.24 Å². The van der Waals surface area contributed by atoms with Crippen molar-refractivity contribution in [3.05, 3.63) is 83.6 Å². The third kappa shape index (κ3) is 8.38. The first-order chi connectivity index (χ1) is 17.7. The van der Waals surface area contributed by atoms with E-state index in [1.54, 1.807) is 12.1 Å². The number of rotatable bonds is 9. The van der Waals surface area contributed by atoms with Crippen LogP contribution in [0.5, 0.6) is 5.75 Å². The van der Waals surface area contributed by atoms with Gasteiger partial charge >= 0.3 is 0 Å². The minimum atomic E-state index is -0.269. The Morgan fingerprint density at radius 2 is 1.73 bits per heavy atom. The van der Waals surface area contributed by atoms with Gasteiger partial charge in [0.25, 0.3) is 0 Å². The van der Waals surface area contributed by atoms with Crippen molar-refractivity contribution in [2.75, 3.05) is 14.1 Å². The molecule has 0 heterocycles. The van der Waals surface area contributed by atoms with Crippen molar-refractivity contribution in [3.63, 3.8) is 0 Å². The van der Waals surface area contributed by atoms with Crippen LogP contribution in [0.2, 0.25) is 0 Å². The minimum Gasteiger partial charge on any atom is -0.507 e. The van der Waals surface area contributed by atoms with Crippen LogP contribution in [0.25, 0.3) is 5.57 Å². The lowest BCUT2D eigenvalue weighted by atomic mass is 9.76. The Bertz CT molecular complexity index is 1050. The molecule has 3 N–H and O–H groups in total. The van der Waals surface area contributed by atoms with E-state index >= 15 is 0 Å². The maximum absolute atomic E-state index is 11.8. The Hall–Kier alpha value is -2.75. The summed E-state index contributed by atoms with van der Waals surface area (Å²) in [4.78, 5) is 22.3. The molecule has 2 atom stereocenters. The maximum atomic E-state index is 11.8. The van der Waals surface area contributed by atoms with Crippen molar-refractivity contribution in [1.82, 2.24) is 10.6 Å². The summed E-state index contributed by atoms with van der Waals surface area (Å²) in [6.45, 7) is 11.8. The number of phenols is 1. The summed E-state index contributed by atoms with van der Waals surface area (Å²) in [7, 11) is 6.45. The molecule has 0 saturated heterocycles. The van der Waals surface area contributed by atoms with Gasteiger partial charge in [0.2, 0.25) is 0 Å². The summed E-state index contributed by atoms with van der Waals surface area (Å²) in [6, 6.07) is 13.6. The van der Waals surface area contributed by atoms with E-state index in [4.69, 9.17) is 0 Å². The van der Waals surface area contributed by atoms with Gasteiger partial charge in [0.05, 0.1) is 5.56 Å². The van der Waals surface area contributed by atoms with E-state index in [1.807, 2.05) is 60.1 Å². The molecule has 3 rings (SSSR count). The van der Waals surface area contributed by atoms with Crippen LogP contribution in [0, 0.1) is 5.41 Å². The number of hydrogen-bond acceptors (Lipinski definition) is 5. The lowest BCUT2D eigenvalue weighted by Crippen LogP contribution is -2.36. The quantitative estimate of drug-likeness (QED) is 0.191. The first kappa shape index (κ1) is 32.3. The van der Waals surface area contributed by atoms with Crippen molar-refractivity contribution < 1.29 is 14.7 Å². The molecule has 2 aromatic carbocycles. The molecule has 1 aliphatic carbocycles. The van der Waals surface area contributed by atoms with Crippen LogP contribution in [-0.2, 0) is 9.95 Å². The van der Waals surface area contributed by atoms with Crippen LogP contribution in [0.15, 0.2) is 61.3 Å². The smallest absolute Gasteiger partial charge is 0.153 e. The number of allylic oxidation sites excluding steroid dienone is 2. The van der Waals surface area contributed by atoms with E-state index in [2.05, 4.69) is 50.7 Å². The highest BCUT2D eigenvalue weighted by molar-refractivity contribution is 7.18. The molecule has 0 amide bonds. The van der Waals surface area contributed by atoms with Gasteiger partial charge in [-0.1, -0.05) is 83.5 Å². The molecule has 37 heavy (non-hydrogen) atoms. The van der Waals surface area contributed by atoms with E-state index in [1.165, 1.54) is 6.29 Å². The van der Waals surface area contributed by atoms with E-state index in [9.17, 15) is 14.7 Å². The average molecular weight is 525 g/mol. The van der Waals surface area contributed by atoms with Gasteiger partial charge in [-0.3, -0.25) is 4.79 Å². The fourth-order valence-corrected chi connectivity index (χ4v) is 5.02. The Balaban J connectivity index is 0.000000389.